The summed E-state index contributed by atoms with van der Waals surface area (Å²) in [5.41, 5.74) is 0.506. The fourth-order valence-corrected chi connectivity index (χ4v) is 7.59. The van der Waals surface area contributed by atoms with Crippen LogP contribution in [0.25, 0.3) is 0 Å². The number of carbonyl (C=O) groups excluding carboxylic acids is 5. The summed E-state index contributed by atoms with van der Waals surface area (Å²) in [5, 5.41) is 5.85. The number of nitrogens with zero attached hydrogens (tertiary/aromatic N) is 2. The lowest BCUT2D eigenvalue weighted by atomic mass is 9.84. The Bertz CT molecular complexity index is 1310. The quantitative estimate of drug-likeness (QED) is 0.169. The third kappa shape index (κ3) is 11.7. The summed E-state index contributed by atoms with van der Waals surface area (Å²) in [6.07, 6.45) is -0.294. The van der Waals surface area contributed by atoms with Crippen LogP contribution in [0.4, 0.5) is 0 Å². The van der Waals surface area contributed by atoms with Gasteiger partial charge in [0, 0.05) is 52.8 Å². The van der Waals surface area contributed by atoms with Crippen LogP contribution in [0.3, 0.4) is 0 Å². The van der Waals surface area contributed by atoms with Crippen molar-refractivity contribution in [2.75, 3.05) is 48.5 Å². The van der Waals surface area contributed by atoms with Gasteiger partial charge in [-0.15, -0.1) is 0 Å². The van der Waals surface area contributed by atoms with Gasteiger partial charge in [-0.2, -0.15) is 0 Å². The van der Waals surface area contributed by atoms with Crippen LogP contribution in [-0.4, -0.2) is 124 Å². The molecule has 0 aromatic heterocycles. The Kier molecular flexibility index (Phi) is 18.6. The summed E-state index contributed by atoms with van der Waals surface area (Å²) in [5.74, 6) is -2.15. The summed E-state index contributed by atoms with van der Waals surface area (Å²) in [4.78, 5) is 71.2. The maximum atomic E-state index is 14.3. The van der Waals surface area contributed by atoms with Crippen molar-refractivity contribution in [2.45, 2.75) is 111 Å². The van der Waals surface area contributed by atoms with Crippen LogP contribution >= 0.6 is 0 Å². The van der Waals surface area contributed by atoms with Crippen molar-refractivity contribution in [1.82, 2.24) is 20.4 Å². The number of hydrogen-bond acceptors (Lipinski definition) is 9. The first-order valence-electron chi connectivity index (χ1n) is 18.8. The van der Waals surface area contributed by atoms with Gasteiger partial charge in [0.05, 0.1) is 55.3 Å². The maximum absolute atomic E-state index is 14.3. The second kappa shape index (κ2) is 21.5. The zero-order chi connectivity index (χ0) is 39.3. The highest BCUT2D eigenvalue weighted by atomic mass is 16.5. The molecule has 1 aliphatic heterocycles. The molecule has 12 heteroatoms. The number of methoxy groups -OCH3 is 3. The van der Waals surface area contributed by atoms with E-state index in [0.717, 1.165) is 6.42 Å². The Hall–Kier alpha value is -3.19. The number of benzene rings is 1. The van der Waals surface area contributed by atoms with E-state index in [1.165, 1.54) is 7.11 Å². The highest BCUT2D eigenvalue weighted by Crippen LogP contribution is 2.31. The molecule has 0 unspecified atom stereocenters. The average Bonchev–Trinajstić information content (AvgIpc) is 3.56. The lowest BCUT2D eigenvalue weighted by molar-refractivity contribution is -0.149. The molecule has 0 bridgehead atoms. The van der Waals surface area contributed by atoms with Gasteiger partial charge in [-0.05, 0) is 31.2 Å². The van der Waals surface area contributed by atoms with Crippen LogP contribution in [0.1, 0.15) is 84.5 Å². The van der Waals surface area contributed by atoms with Crippen molar-refractivity contribution in [3.05, 3.63) is 35.9 Å². The minimum atomic E-state index is -0.687. The highest BCUT2D eigenvalue weighted by molar-refractivity contribution is 5.99. The summed E-state index contributed by atoms with van der Waals surface area (Å²) >= 11 is 0. The number of rotatable bonds is 22. The first-order valence-corrected chi connectivity index (χ1v) is 18.8. The summed E-state index contributed by atoms with van der Waals surface area (Å²) in [6, 6.07) is 7.48. The highest BCUT2D eigenvalue weighted by Gasteiger charge is 2.45. The maximum Gasteiger partial charge on any atom is 0.226 e. The van der Waals surface area contributed by atoms with E-state index in [2.05, 4.69) is 10.6 Å². The van der Waals surface area contributed by atoms with Gasteiger partial charge in [-0.25, -0.2) is 0 Å². The molecular formula is C40H66N4O8. The predicted octanol–water partition coefficient (Wildman–Crippen LogP) is 4.01. The molecule has 9 atom stereocenters. The largest absolute Gasteiger partial charge is 0.380 e. The van der Waals surface area contributed by atoms with Crippen LogP contribution in [-0.2, 0) is 33.4 Å². The zero-order valence-corrected chi connectivity index (χ0v) is 33.6. The van der Waals surface area contributed by atoms with E-state index < -0.39 is 36.1 Å². The molecule has 294 valence electrons. The standard InChI is InChI=1S/C40H66N4O8/c1-13-26(6)37(43(9)40(49)30(24(2)3)20-32(45)36(41-8)25(4)5)34(51-11)21-35(47)44-23-29(50-10)19-31(44)38(52-12)27(7)39(48)42-22-33(46)28-17-15-14-16-18-28/h14-18,24-27,29-31,34,36-38,41H,13,19-23H2,1-12H3,(H,42,48)/t26-,27+,29+,30-,31-,34+,36-,37-,38+/m0/s1. The van der Waals surface area contributed by atoms with E-state index in [4.69, 9.17) is 14.2 Å². The molecule has 2 rings (SSSR count). The number of Topliss-reactive ketones (excluding diaryl/α,β-unsaturated/α-hetero) is 2. The number of likely N-dealkylation sites (tertiary alicyclic amines) is 1. The van der Waals surface area contributed by atoms with Gasteiger partial charge in [-0.1, -0.05) is 85.2 Å². The predicted molar refractivity (Wildman–Crippen MR) is 202 cm³/mol. The van der Waals surface area contributed by atoms with E-state index in [-0.39, 0.29) is 78.6 Å². The Morgan fingerprint density at radius 3 is 2.06 bits per heavy atom. The van der Waals surface area contributed by atoms with Gasteiger partial charge >= 0.3 is 0 Å². The molecule has 1 aromatic carbocycles. The Labute approximate surface area is 312 Å². The first-order chi connectivity index (χ1) is 24.6. The molecule has 52 heavy (non-hydrogen) atoms. The average molecular weight is 731 g/mol. The summed E-state index contributed by atoms with van der Waals surface area (Å²) < 4.78 is 17.6. The minimum Gasteiger partial charge on any atom is -0.380 e. The fraction of sp³-hybridized carbons (Fsp3) is 0.725. The summed E-state index contributed by atoms with van der Waals surface area (Å²) in [6.45, 7) is 13.8. The smallest absolute Gasteiger partial charge is 0.226 e. The minimum absolute atomic E-state index is 0.00248. The van der Waals surface area contributed by atoms with E-state index in [0.29, 0.717) is 18.5 Å². The number of ether oxygens (including phenoxy) is 3. The number of nitrogens with one attached hydrogen (secondary N) is 2. The Morgan fingerprint density at radius 2 is 1.56 bits per heavy atom. The SMILES string of the molecule is CC[C@H](C)[C@@H]([C@@H](CC(=O)N1C[C@H](OC)C[C@H]1[C@H](OC)[C@@H](C)C(=O)NCC(=O)c1ccccc1)OC)N(C)C(=O)[C@@H](CC(=O)[C@@H](NC)C(C)C)C(C)C. The van der Waals surface area contributed by atoms with Gasteiger partial charge in [-0.3, -0.25) is 24.0 Å². The molecule has 2 N–H and O–H groups in total. The lowest BCUT2D eigenvalue weighted by Gasteiger charge is -2.40. The molecule has 0 spiro atoms. The fourth-order valence-electron chi connectivity index (χ4n) is 7.59. The summed E-state index contributed by atoms with van der Waals surface area (Å²) in [7, 11) is 8.17. The molecule has 0 radical (unpaired) electrons. The molecule has 1 aromatic rings. The molecule has 1 aliphatic rings. The molecule has 12 nitrogen and oxygen atoms in total. The Morgan fingerprint density at radius 1 is 0.923 bits per heavy atom. The molecule has 0 saturated carbocycles. The van der Waals surface area contributed by atoms with Crippen molar-refractivity contribution in [3.63, 3.8) is 0 Å². The van der Waals surface area contributed by atoms with Crippen molar-refractivity contribution >= 4 is 29.3 Å². The van der Waals surface area contributed by atoms with E-state index in [1.54, 1.807) is 69.3 Å². The topological polar surface area (TPSA) is 144 Å². The first kappa shape index (κ1) is 45.0. The van der Waals surface area contributed by atoms with Gasteiger partial charge in [0.1, 0.15) is 0 Å². The number of carbonyl (C=O) groups is 5. The number of likely N-dealkylation sites (N-methyl/N-ethyl adjacent to an activating group) is 2. The molecule has 1 saturated heterocycles. The van der Waals surface area contributed by atoms with Gasteiger partial charge < -0.3 is 34.6 Å². The second-order valence-corrected chi connectivity index (χ2v) is 15.0. The molecule has 1 heterocycles. The van der Waals surface area contributed by atoms with Crippen LogP contribution < -0.4 is 10.6 Å². The number of amides is 3. The van der Waals surface area contributed by atoms with Crippen LogP contribution in [0.5, 0.6) is 0 Å². The molecule has 3 amide bonds. The number of ketones is 2. The van der Waals surface area contributed by atoms with Gasteiger partial charge in [0.15, 0.2) is 11.6 Å². The monoisotopic (exact) mass is 730 g/mol. The van der Waals surface area contributed by atoms with Gasteiger partial charge in [0.2, 0.25) is 17.7 Å². The van der Waals surface area contributed by atoms with E-state index >= 15 is 0 Å². The van der Waals surface area contributed by atoms with E-state index in [9.17, 15) is 24.0 Å². The van der Waals surface area contributed by atoms with Crippen molar-refractivity contribution in [1.29, 1.82) is 0 Å². The van der Waals surface area contributed by atoms with Crippen molar-refractivity contribution in [2.24, 2.45) is 29.6 Å². The third-order valence-corrected chi connectivity index (χ3v) is 11.0. The third-order valence-electron chi connectivity index (χ3n) is 11.0. The normalized spacial score (nSPS) is 20.2. The van der Waals surface area contributed by atoms with Crippen molar-refractivity contribution in [3.8, 4) is 0 Å². The zero-order valence-electron chi connectivity index (χ0n) is 33.6. The van der Waals surface area contributed by atoms with Gasteiger partial charge in [0.25, 0.3) is 0 Å². The van der Waals surface area contributed by atoms with Crippen LogP contribution in [0.2, 0.25) is 0 Å². The van der Waals surface area contributed by atoms with Crippen molar-refractivity contribution < 1.29 is 38.2 Å². The second-order valence-electron chi connectivity index (χ2n) is 15.0. The Balaban J connectivity index is 2.30. The molecular weight excluding hydrogens is 664 g/mol. The van der Waals surface area contributed by atoms with E-state index in [1.807, 2.05) is 47.6 Å². The number of hydrogen-bond donors (Lipinski definition) is 2. The lowest BCUT2D eigenvalue weighted by Crippen LogP contribution is -2.54. The molecule has 0 aliphatic carbocycles. The molecule has 1 fully saturated rings. The van der Waals surface area contributed by atoms with Crippen LogP contribution in [0, 0.1) is 29.6 Å². The van der Waals surface area contributed by atoms with Crippen LogP contribution in [0.15, 0.2) is 30.3 Å².